The molecule has 2 rings (SSSR count). The van der Waals surface area contributed by atoms with Crippen molar-refractivity contribution >= 4 is 11.6 Å². The Hall–Kier alpha value is -2.50. The average molecular weight is 331 g/mol. The highest BCUT2D eigenvalue weighted by Crippen LogP contribution is 2.30. The number of nitrogens with one attached hydrogen (secondary N) is 1. The first-order valence-corrected chi connectivity index (χ1v) is 7.93. The molecule has 1 aromatic carbocycles. The van der Waals surface area contributed by atoms with E-state index in [2.05, 4.69) is 31.2 Å². The van der Waals surface area contributed by atoms with E-state index in [-0.39, 0.29) is 11.3 Å². The lowest BCUT2D eigenvalue weighted by molar-refractivity contribution is 0.101. The van der Waals surface area contributed by atoms with Crippen molar-refractivity contribution in [2.24, 2.45) is 7.05 Å². The molecule has 6 nitrogen and oxygen atoms in total. The molecule has 1 heterocycles. The number of rotatable bonds is 5. The second-order valence-electron chi connectivity index (χ2n) is 6.54. The molecular weight excluding hydrogens is 306 g/mol. The number of anilines is 1. The molecule has 1 aromatic heterocycles. The molecule has 0 aliphatic carbocycles. The van der Waals surface area contributed by atoms with Crippen molar-refractivity contribution in [2.45, 2.75) is 33.1 Å². The number of ether oxygens (including phenoxy) is 2. The van der Waals surface area contributed by atoms with Crippen molar-refractivity contribution in [2.75, 3.05) is 19.0 Å². The van der Waals surface area contributed by atoms with Crippen molar-refractivity contribution < 1.29 is 14.3 Å². The van der Waals surface area contributed by atoms with E-state index in [0.29, 0.717) is 29.5 Å². The Bertz CT molecular complexity index is 730. The minimum Gasteiger partial charge on any atom is -0.493 e. The summed E-state index contributed by atoms with van der Waals surface area (Å²) in [6.45, 7) is 8.65. The van der Waals surface area contributed by atoms with Gasteiger partial charge in [-0.3, -0.25) is 9.48 Å². The molecule has 6 heteroatoms. The predicted molar refractivity (Wildman–Crippen MR) is 94.0 cm³/mol. The van der Waals surface area contributed by atoms with Crippen LogP contribution in [0.1, 0.15) is 43.9 Å². The molecule has 1 N–H and O–H groups in total. The van der Waals surface area contributed by atoms with E-state index in [1.54, 1.807) is 37.0 Å². The highest BCUT2D eigenvalue weighted by atomic mass is 16.5. The summed E-state index contributed by atoms with van der Waals surface area (Å²) in [6.07, 6.45) is 0. The topological polar surface area (TPSA) is 65.4 Å². The zero-order valence-electron chi connectivity index (χ0n) is 15.1. The number of hydrogen-bond donors (Lipinski definition) is 1. The summed E-state index contributed by atoms with van der Waals surface area (Å²) in [6, 6.07) is 7.12. The second kappa shape index (κ2) is 6.95. The molecular formula is C18H25N3O3. The third-order valence-electron chi connectivity index (χ3n) is 3.60. The lowest BCUT2D eigenvalue weighted by Crippen LogP contribution is -2.16. The van der Waals surface area contributed by atoms with Gasteiger partial charge in [0, 0.05) is 24.2 Å². The highest BCUT2D eigenvalue weighted by Gasteiger charge is 2.22. The van der Waals surface area contributed by atoms with Crippen molar-refractivity contribution in [1.82, 2.24) is 9.78 Å². The van der Waals surface area contributed by atoms with E-state index >= 15 is 0 Å². The molecule has 0 radical (unpaired) electrons. The highest BCUT2D eigenvalue weighted by molar-refractivity contribution is 6.03. The summed E-state index contributed by atoms with van der Waals surface area (Å²) in [5.41, 5.74) is 1.91. The van der Waals surface area contributed by atoms with Crippen LogP contribution in [-0.2, 0) is 12.5 Å². The molecule has 0 aliphatic heterocycles. The quantitative estimate of drug-likeness (QED) is 0.912. The van der Waals surface area contributed by atoms with Gasteiger partial charge in [0.2, 0.25) is 0 Å². The number of benzene rings is 1. The minimum atomic E-state index is -0.216. The normalized spacial score (nSPS) is 11.2. The van der Waals surface area contributed by atoms with Crippen molar-refractivity contribution in [3.8, 4) is 11.5 Å². The molecule has 0 saturated heterocycles. The lowest BCUT2D eigenvalue weighted by Gasteiger charge is -2.13. The summed E-state index contributed by atoms with van der Waals surface area (Å²) in [4.78, 5) is 12.5. The fraction of sp³-hybridized carbons (Fsp3) is 0.444. The SMILES string of the molecule is CCOc1ccc(NC(=O)c2cc(C(C)(C)C)nn2C)cc1OC. The molecule has 0 aliphatic rings. The van der Waals surface area contributed by atoms with Crippen LogP contribution in [0, 0.1) is 0 Å². The predicted octanol–water partition coefficient (Wildman–Crippen LogP) is 3.38. The van der Waals surface area contributed by atoms with Gasteiger partial charge in [-0.15, -0.1) is 0 Å². The third-order valence-corrected chi connectivity index (χ3v) is 3.60. The summed E-state index contributed by atoms with van der Waals surface area (Å²) in [7, 11) is 3.34. The Labute approximate surface area is 142 Å². The average Bonchev–Trinajstić information content (AvgIpc) is 2.91. The van der Waals surface area contributed by atoms with Gasteiger partial charge in [0.05, 0.1) is 19.4 Å². The number of nitrogens with zero attached hydrogens (tertiary/aromatic N) is 2. The second-order valence-corrected chi connectivity index (χ2v) is 6.54. The van der Waals surface area contributed by atoms with Crippen LogP contribution in [-0.4, -0.2) is 29.4 Å². The van der Waals surface area contributed by atoms with E-state index in [9.17, 15) is 4.79 Å². The van der Waals surface area contributed by atoms with Crippen LogP contribution >= 0.6 is 0 Å². The van der Waals surface area contributed by atoms with Crippen LogP contribution in [0.15, 0.2) is 24.3 Å². The number of methoxy groups -OCH3 is 1. The number of carbonyl (C=O) groups excluding carboxylic acids is 1. The Morgan fingerprint density at radius 2 is 1.96 bits per heavy atom. The van der Waals surface area contributed by atoms with Crippen LogP contribution in [0.4, 0.5) is 5.69 Å². The van der Waals surface area contributed by atoms with E-state index in [0.717, 1.165) is 5.69 Å². The van der Waals surface area contributed by atoms with E-state index < -0.39 is 0 Å². The molecule has 0 atom stereocenters. The first-order valence-electron chi connectivity index (χ1n) is 7.93. The van der Waals surface area contributed by atoms with E-state index in [1.807, 2.05) is 13.0 Å². The van der Waals surface area contributed by atoms with Crippen molar-refractivity contribution in [3.63, 3.8) is 0 Å². The number of amides is 1. The van der Waals surface area contributed by atoms with Gasteiger partial charge in [0.15, 0.2) is 11.5 Å². The van der Waals surface area contributed by atoms with Gasteiger partial charge in [-0.1, -0.05) is 20.8 Å². The van der Waals surface area contributed by atoms with Gasteiger partial charge in [0.25, 0.3) is 5.91 Å². The van der Waals surface area contributed by atoms with Gasteiger partial charge in [-0.25, -0.2) is 0 Å². The standard InChI is InChI=1S/C18H25N3O3/c1-7-24-14-9-8-12(10-15(14)23-6)19-17(22)13-11-16(18(2,3)4)20-21(13)5/h8-11H,7H2,1-6H3,(H,19,22). The van der Waals surface area contributed by atoms with Crippen LogP contribution in [0.3, 0.4) is 0 Å². The molecule has 0 fully saturated rings. The number of aryl methyl sites for hydroxylation is 1. The molecule has 0 bridgehead atoms. The fourth-order valence-electron chi connectivity index (χ4n) is 2.26. The molecule has 130 valence electrons. The first kappa shape index (κ1) is 17.8. The molecule has 1 amide bonds. The number of aromatic nitrogens is 2. The third kappa shape index (κ3) is 3.88. The maximum Gasteiger partial charge on any atom is 0.273 e. The van der Waals surface area contributed by atoms with Gasteiger partial charge >= 0.3 is 0 Å². The Morgan fingerprint density at radius 1 is 1.25 bits per heavy atom. The smallest absolute Gasteiger partial charge is 0.273 e. The van der Waals surface area contributed by atoms with Crippen LogP contribution in [0.5, 0.6) is 11.5 Å². The summed E-state index contributed by atoms with van der Waals surface area (Å²) in [5.74, 6) is 1.01. The molecule has 24 heavy (non-hydrogen) atoms. The van der Waals surface area contributed by atoms with Gasteiger partial charge in [0.1, 0.15) is 5.69 Å². The maximum absolute atomic E-state index is 12.5. The van der Waals surface area contributed by atoms with Gasteiger partial charge in [-0.2, -0.15) is 5.10 Å². The van der Waals surface area contributed by atoms with Crippen LogP contribution in [0.25, 0.3) is 0 Å². The van der Waals surface area contributed by atoms with Crippen molar-refractivity contribution in [1.29, 1.82) is 0 Å². The molecule has 0 spiro atoms. The summed E-state index contributed by atoms with van der Waals surface area (Å²) < 4.78 is 12.4. The summed E-state index contributed by atoms with van der Waals surface area (Å²) in [5, 5.41) is 7.30. The molecule has 0 saturated carbocycles. The van der Waals surface area contributed by atoms with Gasteiger partial charge in [-0.05, 0) is 25.1 Å². The van der Waals surface area contributed by atoms with Crippen LogP contribution < -0.4 is 14.8 Å². The monoisotopic (exact) mass is 331 g/mol. The van der Waals surface area contributed by atoms with Crippen molar-refractivity contribution in [3.05, 3.63) is 35.7 Å². The summed E-state index contributed by atoms with van der Waals surface area (Å²) >= 11 is 0. The Balaban J connectivity index is 2.22. The fourth-order valence-corrected chi connectivity index (χ4v) is 2.26. The zero-order chi connectivity index (χ0) is 17.9. The van der Waals surface area contributed by atoms with E-state index in [4.69, 9.17) is 9.47 Å². The first-order chi connectivity index (χ1) is 11.3. The largest absolute Gasteiger partial charge is 0.493 e. The Kier molecular flexibility index (Phi) is 5.17. The van der Waals surface area contributed by atoms with E-state index in [1.165, 1.54) is 0 Å². The van der Waals surface area contributed by atoms with Crippen LogP contribution in [0.2, 0.25) is 0 Å². The molecule has 2 aromatic rings. The Morgan fingerprint density at radius 3 is 2.50 bits per heavy atom. The molecule has 0 unspecified atom stereocenters. The number of carbonyl (C=O) groups is 1. The number of hydrogen-bond acceptors (Lipinski definition) is 4. The maximum atomic E-state index is 12.5. The zero-order valence-corrected chi connectivity index (χ0v) is 15.1. The lowest BCUT2D eigenvalue weighted by atomic mass is 9.92. The van der Waals surface area contributed by atoms with Gasteiger partial charge < -0.3 is 14.8 Å². The minimum absolute atomic E-state index is 0.112.